The molecule has 3 heterocycles. The molecule has 558 valence electrons. The lowest BCUT2D eigenvalue weighted by Gasteiger charge is -2.53. The minimum Gasteiger partial charge on any atom is -0.508 e. The molecule has 0 aromatic heterocycles. The van der Waals surface area contributed by atoms with Gasteiger partial charge in [0.2, 0.25) is 5.75 Å². The van der Waals surface area contributed by atoms with E-state index in [1.54, 1.807) is 99.2 Å². The first-order valence-electron chi connectivity index (χ1n) is 35.4. The molecule has 1 saturated heterocycles. The summed E-state index contributed by atoms with van der Waals surface area (Å²) in [5, 5.41) is 79.9. The Morgan fingerprint density at radius 2 is 1.06 bits per heavy atom. The second-order valence-corrected chi connectivity index (χ2v) is 27.2. The highest BCUT2D eigenvalue weighted by atomic mass is 16.5. The van der Waals surface area contributed by atoms with Crippen molar-refractivity contribution in [2.24, 2.45) is 5.41 Å². The smallest absolute Gasteiger partial charge is 0.335 e. The van der Waals surface area contributed by atoms with E-state index in [0.29, 0.717) is 46.0 Å². The number of phenolic OH excluding ortho intramolecular Hbond substituents is 8. The lowest BCUT2D eigenvalue weighted by Crippen LogP contribution is -2.58. The molecule has 1 aliphatic carbocycles. The molecule has 9 N–H and O–H groups in total. The number of ether oxygens (including phenoxy) is 4. The Morgan fingerprint density at radius 1 is 0.546 bits per heavy atom. The number of rotatable bonds is 17. The van der Waals surface area contributed by atoms with Gasteiger partial charge in [-0.3, -0.25) is 14.5 Å². The maximum atomic E-state index is 12.7. The van der Waals surface area contributed by atoms with Gasteiger partial charge in [0.15, 0.2) is 23.1 Å². The van der Waals surface area contributed by atoms with Crippen LogP contribution in [0.4, 0.5) is 5.69 Å². The zero-order chi connectivity index (χ0) is 78.0. The summed E-state index contributed by atoms with van der Waals surface area (Å²) in [5.74, 6) is 1.09. The van der Waals surface area contributed by atoms with E-state index in [1.807, 2.05) is 127 Å². The number of benzene rings is 9. The molecule has 1 fully saturated rings. The number of nitrogens with zero attached hydrogens (tertiary/aromatic N) is 1. The molecule has 0 unspecified atom stereocenters. The summed E-state index contributed by atoms with van der Waals surface area (Å²) in [6, 6.07) is 50.1. The number of methoxy groups -OCH3 is 4. The van der Waals surface area contributed by atoms with E-state index in [9.17, 15) is 55.2 Å². The van der Waals surface area contributed by atoms with Crippen molar-refractivity contribution in [2.45, 2.75) is 85.6 Å². The zero-order valence-electron chi connectivity index (χ0n) is 62.7. The van der Waals surface area contributed by atoms with Crippen LogP contribution < -0.4 is 19.5 Å². The maximum absolute atomic E-state index is 12.7. The van der Waals surface area contributed by atoms with Crippen molar-refractivity contribution >= 4 is 59.7 Å². The molecule has 4 aliphatic rings. The van der Waals surface area contributed by atoms with Crippen LogP contribution in [0.2, 0.25) is 0 Å². The van der Waals surface area contributed by atoms with E-state index >= 15 is 0 Å². The normalized spacial score (nSPS) is 16.4. The molecule has 108 heavy (non-hydrogen) atoms. The second kappa shape index (κ2) is 36.0. The summed E-state index contributed by atoms with van der Waals surface area (Å²) >= 11 is 0. The topological polar surface area (TPSA) is 265 Å². The molecular weight excluding hydrogens is 1360 g/mol. The van der Waals surface area contributed by atoms with Crippen LogP contribution in [0.1, 0.15) is 128 Å². The number of fused-ring (bicyclic) bond motifs is 1. The number of carbonyl (C=O) groups is 3. The molecule has 3 aliphatic heterocycles. The number of phenols is 8. The van der Waals surface area contributed by atoms with E-state index in [2.05, 4.69) is 53.6 Å². The number of para-hydroxylation sites is 1. The van der Waals surface area contributed by atoms with Gasteiger partial charge in [-0.05, 0) is 197 Å². The average molecular weight is 1460 g/mol. The van der Waals surface area contributed by atoms with E-state index in [4.69, 9.17) is 18.9 Å². The number of esters is 1. The van der Waals surface area contributed by atoms with Gasteiger partial charge in [0.25, 0.3) is 0 Å². The highest BCUT2D eigenvalue weighted by Gasteiger charge is 2.65. The van der Waals surface area contributed by atoms with E-state index in [-0.39, 0.29) is 80.1 Å². The Kier molecular flexibility index (Phi) is 26.6. The Balaban J connectivity index is 0.000000157. The SMILES string of the molecule is CC[C@]12C=CCN3CC[C@]4(C(=C(C(=O)OC)C1)Nc1ccccc14)[C@@H]32.COc1c(/C=C/C(=O)c2ccc(C)cc2)ccc(O)c1CC=C(C)C.COc1c(/C=C/C(=O)c2ccc(C)cc2)ccc(O)c1O.COc1cc(/C=C/c2cc(O)cc(O)c2)ccc1C.Cc1ccc(/C=C/c2cc(O)cc(O)c2)cc1O. The van der Waals surface area contributed by atoms with Crippen molar-refractivity contribution in [1.82, 2.24) is 4.90 Å². The van der Waals surface area contributed by atoms with Crippen molar-refractivity contribution in [3.8, 4) is 63.2 Å². The van der Waals surface area contributed by atoms with Gasteiger partial charge in [-0.1, -0.05) is 157 Å². The van der Waals surface area contributed by atoms with Crippen molar-refractivity contribution in [2.75, 3.05) is 46.8 Å². The maximum Gasteiger partial charge on any atom is 0.335 e. The van der Waals surface area contributed by atoms with Crippen molar-refractivity contribution in [3.63, 3.8) is 0 Å². The van der Waals surface area contributed by atoms with Gasteiger partial charge in [0.1, 0.15) is 46.0 Å². The molecule has 13 rings (SSSR count). The molecule has 0 radical (unpaired) electrons. The number of nitrogens with one attached hydrogen (secondary N) is 1. The summed E-state index contributed by atoms with van der Waals surface area (Å²) in [7, 11) is 6.09. The zero-order valence-corrected chi connectivity index (χ0v) is 62.7. The first-order chi connectivity index (χ1) is 51.7. The number of hydrogen-bond donors (Lipinski definition) is 9. The van der Waals surface area contributed by atoms with Crippen LogP contribution in [-0.2, 0) is 21.4 Å². The third-order valence-corrected chi connectivity index (χ3v) is 19.5. The van der Waals surface area contributed by atoms with Crippen LogP contribution in [-0.4, -0.2) is 111 Å². The monoisotopic (exact) mass is 1450 g/mol. The second-order valence-electron chi connectivity index (χ2n) is 27.2. The quantitative estimate of drug-likeness (QED) is 0.0102. The highest BCUT2D eigenvalue weighted by molar-refractivity contribution is 6.07. The number of ketones is 2. The van der Waals surface area contributed by atoms with Gasteiger partial charge in [0.05, 0.1) is 39.4 Å². The molecule has 0 amide bonds. The molecule has 9 aromatic carbocycles. The summed E-state index contributed by atoms with van der Waals surface area (Å²) in [6.07, 6.45) is 23.6. The largest absolute Gasteiger partial charge is 0.508 e. The Morgan fingerprint density at radius 3 is 1.58 bits per heavy atom. The highest BCUT2D eigenvalue weighted by Crippen LogP contribution is 2.64. The fourth-order valence-electron chi connectivity index (χ4n) is 13.9. The van der Waals surface area contributed by atoms with Gasteiger partial charge in [-0.15, -0.1) is 0 Å². The molecule has 17 nitrogen and oxygen atoms in total. The standard InChI is InChI=1S/C22H24O3.C21H24N2O2.C17H16O4.C16H16O3.C15H14O3/c1-15(2)5-12-19-21(24)14-11-18(22(19)25-4)10-13-20(23)17-8-6-16(3)7-9-17;1-3-20-9-6-11-23-12-10-21(19(20)23)15-7-4-5-8-16(15)22-17(21)14(13-20)18(24)25-2;1-11-3-5-12(6-4-11)14(18)9-7-13-8-10-15(19)16(20)17(13)21-2;1-11-3-4-12(9-16(11)19-2)5-6-13-7-14(17)10-15(18)8-13;1-10-2-3-11(8-15(10)18)4-5-12-6-13(16)9-14(17)7-12/h5-11,13-14,24H,12H2,1-4H3;4-9,19,22H,3,10-13H2,1-2H3;3-10,19-20H,1-2H3;3-10,17-18H,1-2H3;2-9,16-18H,1H3/b13-10+;;9-7+;6-5+;5-4+/t;19-,20-,21-;;;/m.0.../s1. The average Bonchev–Trinajstić information content (AvgIpc) is 1.50. The lowest BCUT2D eigenvalue weighted by atomic mass is 9.55. The van der Waals surface area contributed by atoms with Gasteiger partial charge >= 0.3 is 5.97 Å². The number of hydrogen-bond acceptors (Lipinski definition) is 17. The summed E-state index contributed by atoms with van der Waals surface area (Å²) in [6.45, 7) is 16.1. The van der Waals surface area contributed by atoms with E-state index in [1.165, 1.54) is 50.1 Å². The molecular formula is C91H94N2O15. The van der Waals surface area contributed by atoms with Crippen molar-refractivity contribution in [3.05, 3.63) is 295 Å². The molecule has 1 spiro atoms. The number of aryl methyl sites for hydroxylation is 4. The Labute approximate surface area is 631 Å². The van der Waals surface area contributed by atoms with Crippen LogP contribution in [0.3, 0.4) is 0 Å². The third kappa shape index (κ3) is 19.1. The predicted octanol–water partition coefficient (Wildman–Crippen LogP) is 18.5. The van der Waals surface area contributed by atoms with Crippen molar-refractivity contribution in [1.29, 1.82) is 0 Å². The third-order valence-electron chi connectivity index (χ3n) is 19.5. The molecule has 0 saturated carbocycles. The fourth-order valence-corrected chi connectivity index (χ4v) is 13.9. The lowest BCUT2D eigenvalue weighted by molar-refractivity contribution is -0.137. The van der Waals surface area contributed by atoms with Gasteiger partial charge in [-0.2, -0.15) is 0 Å². The van der Waals surface area contributed by atoms with Crippen LogP contribution in [0.25, 0.3) is 36.5 Å². The van der Waals surface area contributed by atoms with Crippen LogP contribution in [0.5, 0.6) is 63.2 Å². The number of aromatic hydroxyl groups is 8. The van der Waals surface area contributed by atoms with Gasteiger partial charge in [-0.25, -0.2) is 4.79 Å². The minimum atomic E-state index is -0.345. The number of anilines is 1. The minimum absolute atomic E-state index is 0.000898. The van der Waals surface area contributed by atoms with Gasteiger partial charge in [0, 0.05) is 75.9 Å². The number of carbonyl (C=O) groups excluding carboxylic acids is 3. The fraction of sp³-hybridized carbons (Fsp3) is 0.220. The van der Waals surface area contributed by atoms with E-state index in [0.717, 1.165) is 105 Å². The summed E-state index contributed by atoms with van der Waals surface area (Å²) in [4.78, 5) is 39.7. The first kappa shape index (κ1) is 79.6. The molecule has 3 atom stereocenters. The van der Waals surface area contributed by atoms with Crippen LogP contribution in [0.15, 0.2) is 217 Å². The molecule has 17 heteroatoms. The predicted molar refractivity (Wildman–Crippen MR) is 428 cm³/mol. The Hall–Kier alpha value is -12.5. The van der Waals surface area contributed by atoms with Crippen LogP contribution in [0, 0.1) is 33.1 Å². The van der Waals surface area contributed by atoms with Gasteiger partial charge < -0.3 is 65.1 Å². The van der Waals surface area contributed by atoms with Crippen molar-refractivity contribution < 1.29 is 74.2 Å². The molecule has 0 bridgehead atoms. The first-order valence-corrected chi connectivity index (χ1v) is 35.4. The number of allylic oxidation sites excluding steroid dienone is 4. The molecule has 9 aromatic rings. The summed E-state index contributed by atoms with van der Waals surface area (Å²) in [5.41, 5.74) is 16.1. The van der Waals surface area contributed by atoms with Crippen LogP contribution >= 0.6 is 0 Å². The summed E-state index contributed by atoms with van der Waals surface area (Å²) < 4.78 is 21.0. The Bertz CT molecular complexity index is 4940. The van der Waals surface area contributed by atoms with E-state index < -0.39 is 0 Å².